The van der Waals surface area contributed by atoms with Crippen molar-refractivity contribution in [1.82, 2.24) is 0 Å². The summed E-state index contributed by atoms with van der Waals surface area (Å²) >= 11 is 0. The zero-order chi connectivity index (χ0) is 9.56. The Labute approximate surface area is 74.5 Å². The molecule has 70 valence electrons. The molecule has 0 aromatic rings. The molecule has 0 spiro atoms. The maximum absolute atomic E-state index is 10.4. The lowest BCUT2D eigenvalue weighted by Gasteiger charge is -1.97. The van der Waals surface area contributed by atoms with E-state index in [1.54, 1.807) is 0 Å². The summed E-state index contributed by atoms with van der Waals surface area (Å²) in [5.41, 5.74) is 0. The normalized spacial score (nSPS) is 14.2. The van der Waals surface area contributed by atoms with Crippen molar-refractivity contribution in [3.63, 3.8) is 0 Å². The van der Waals surface area contributed by atoms with Gasteiger partial charge in [-0.05, 0) is 6.42 Å². The van der Waals surface area contributed by atoms with E-state index in [0.29, 0.717) is 0 Å². The molecule has 0 saturated heterocycles. The van der Waals surface area contributed by atoms with E-state index >= 15 is 0 Å². The van der Waals surface area contributed by atoms with Crippen LogP contribution in [0.15, 0.2) is 24.1 Å². The smallest absolute Gasteiger partial charge is 0.161 e. The van der Waals surface area contributed by atoms with Crippen LogP contribution in [0.2, 0.25) is 0 Å². The van der Waals surface area contributed by atoms with E-state index in [0.717, 1.165) is 11.5 Å². The lowest BCUT2D eigenvalue weighted by atomic mass is 10.3. The summed E-state index contributed by atoms with van der Waals surface area (Å²) in [7, 11) is -5.28. The molecule has 0 aliphatic rings. The third-order valence-corrected chi connectivity index (χ3v) is 2.45. The van der Waals surface area contributed by atoms with Gasteiger partial charge in [-0.2, -0.15) is 0 Å². The summed E-state index contributed by atoms with van der Waals surface area (Å²) in [6.07, 6.45) is 2.80. The number of allylic oxidation sites excluding steroid dienone is 1. The first-order valence-corrected chi connectivity index (χ1v) is 5.63. The first kappa shape index (κ1) is 11.4. The van der Waals surface area contributed by atoms with Crippen molar-refractivity contribution in [3.05, 3.63) is 24.1 Å². The first-order chi connectivity index (χ1) is 5.57. The monoisotopic (exact) mass is 210 g/mol. The van der Waals surface area contributed by atoms with Crippen molar-refractivity contribution in [2.24, 2.45) is 0 Å². The molecule has 0 rings (SSSR count). The highest BCUT2D eigenvalue weighted by molar-refractivity contribution is 7.76. The van der Waals surface area contributed by atoms with E-state index < -0.39 is 26.7 Å². The van der Waals surface area contributed by atoms with E-state index in [2.05, 4.69) is 6.58 Å². The summed E-state index contributed by atoms with van der Waals surface area (Å²) in [5, 5.41) is 0.0969. The molecular weight excluding hydrogens is 200 g/mol. The first-order valence-electron chi connectivity index (χ1n) is 3.14. The summed E-state index contributed by atoms with van der Waals surface area (Å²) in [6.45, 7) is 3.36. The predicted molar refractivity (Wildman–Crippen MR) is 48.4 cm³/mol. The molecule has 1 unspecified atom stereocenters. The van der Waals surface area contributed by atoms with Gasteiger partial charge in [0.15, 0.2) is 10.7 Å². The molecule has 0 amide bonds. The Kier molecular flexibility index (Phi) is 5.65. The van der Waals surface area contributed by atoms with E-state index in [-0.39, 0.29) is 6.42 Å². The van der Waals surface area contributed by atoms with Gasteiger partial charge in [0.05, 0.1) is 5.25 Å². The van der Waals surface area contributed by atoms with E-state index in [1.165, 1.54) is 6.08 Å². The Morgan fingerprint density at radius 3 is 2.17 bits per heavy atom. The van der Waals surface area contributed by atoms with Gasteiger partial charge < -0.3 is 0 Å². The van der Waals surface area contributed by atoms with Crippen LogP contribution < -0.4 is 0 Å². The Hall–Kier alpha value is -0.620. The van der Waals surface area contributed by atoms with Crippen molar-refractivity contribution in [2.45, 2.75) is 11.7 Å². The average molecular weight is 210 g/mol. The topological polar surface area (TPSA) is 68.3 Å². The van der Waals surface area contributed by atoms with Gasteiger partial charge in [0.25, 0.3) is 0 Å². The molecule has 1 atom stereocenters. The van der Waals surface area contributed by atoms with Crippen LogP contribution in [-0.4, -0.2) is 22.1 Å². The third-order valence-electron chi connectivity index (χ3n) is 1.11. The molecule has 12 heavy (non-hydrogen) atoms. The molecule has 4 nitrogen and oxygen atoms in total. The number of thiol groups is 2. The predicted octanol–water partition coefficient (Wildman–Crippen LogP) is -0.332. The van der Waals surface area contributed by atoms with Gasteiger partial charge in [0.2, 0.25) is 0 Å². The lowest BCUT2D eigenvalue weighted by Crippen LogP contribution is -2.03. The van der Waals surface area contributed by atoms with Gasteiger partial charge in [0, 0.05) is 5.41 Å². The molecule has 0 aliphatic heterocycles. The number of hydrogen-bond donors (Lipinski definition) is 2. The van der Waals surface area contributed by atoms with Crippen LogP contribution in [0.3, 0.4) is 0 Å². The second kappa shape index (κ2) is 5.96. The molecule has 0 saturated carbocycles. The Morgan fingerprint density at radius 2 is 1.83 bits per heavy atom. The van der Waals surface area contributed by atoms with Crippen LogP contribution in [0, 0.1) is 0 Å². The number of hydrogen-bond acceptors (Lipinski definition) is 4. The van der Waals surface area contributed by atoms with Crippen molar-refractivity contribution >= 4 is 21.4 Å². The largest absolute Gasteiger partial charge is 0.231 e. The van der Waals surface area contributed by atoms with Crippen LogP contribution in [0.4, 0.5) is 0 Å². The molecule has 0 aromatic heterocycles. The lowest BCUT2D eigenvalue weighted by molar-refractivity contribution is 0.608. The molecular formula is C6H10O4S2. The highest BCUT2D eigenvalue weighted by Gasteiger charge is 2.03. The maximum atomic E-state index is 10.4. The van der Waals surface area contributed by atoms with Crippen molar-refractivity contribution in [2.75, 3.05) is 0 Å². The van der Waals surface area contributed by atoms with Crippen molar-refractivity contribution in [3.8, 4) is 0 Å². The van der Waals surface area contributed by atoms with Crippen molar-refractivity contribution in [1.29, 1.82) is 0 Å². The van der Waals surface area contributed by atoms with Gasteiger partial charge in [-0.3, -0.25) is 0 Å². The quantitative estimate of drug-likeness (QED) is 0.481. The molecule has 0 bridgehead atoms. The second-order valence-corrected chi connectivity index (χ2v) is 4.11. The second-order valence-electron chi connectivity index (χ2n) is 2.00. The van der Waals surface area contributed by atoms with Crippen LogP contribution in [0.5, 0.6) is 0 Å². The summed E-state index contributed by atoms with van der Waals surface area (Å²) in [6, 6.07) is 0. The summed E-state index contributed by atoms with van der Waals surface area (Å²) in [5.74, 6) is 0. The highest BCUT2D eigenvalue weighted by atomic mass is 32.2. The van der Waals surface area contributed by atoms with Gasteiger partial charge in [-0.25, -0.2) is 16.8 Å². The van der Waals surface area contributed by atoms with Crippen LogP contribution >= 0.6 is 0 Å². The maximum Gasteiger partial charge on any atom is 0.161 e. The van der Waals surface area contributed by atoms with Gasteiger partial charge in [-0.1, -0.05) is 12.2 Å². The van der Waals surface area contributed by atoms with Crippen molar-refractivity contribution < 1.29 is 16.8 Å². The molecule has 0 N–H and O–H groups in total. The van der Waals surface area contributed by atoms with E-state index in [9.17, 15) is 16.8 Å². The fourth-order valence-electron chi connectivity index (χ4n) is 0.575. The Morgan fingerprint density at radius 1 is 1.25 bits per heavy atom. The Bertz CT molecular complexity index is 296. The Balaban J connectivity index is 4.42. The summed E-state index contributed by atoms with van der Waals surface area (Å²) in [4.78, 5) is 0. The molecule has 6 heteroatoms. The van der Waals surface area contributed by atoms with Gasteiger partial charge >= 0.3 is 0 Å². The minimum atomic E-state index is -2.65. The molecule has 0 fully saturated rings. The van der Waals surface area contributed by atoms with Crippen LogP contribution in [-0.2, 0) is 21.4 Å². The fraction of sp³-hybridized carbons (Fsp3) is 0.333. The molecule has 0 radical (unpaired) electrons. The van der Waals surface area contributed by atoms with Crippen LogP contribution in [0.25, 0.3) is 0 Å². The van der Waals surface area contributed by atoms with Gasteiger partial charge in [-0.15, -0.1) is 6.58 Å². The van der Waals surface area contributed by atoms with E-state index in [4.69, 9.17) is 0 Å². The average Bonchev–Trinajstić information content (AvgIpc) is 1.96. The fourth-order valence-corrected chi connectivity index (χ4v) is 1.61. The molecule has 0 heterocycles. The van der Waals surface area contributed by atoms with Gasteiger partial charge in [0.1, 0.15) is 10.7 Å². The standard InChI is InChI=1S/C6H10O4S2/c1-2-3-6(12(9)10)4-5-11(7)8/h2,4-6,11-12H,1,3H2. The SMILES string of the molecule is C=CCC(C=C[SH](=O)=O)[SH](=O)=O. The van der Waals surface area contributed by atoms with Crippen LogP contribution in [0.1, 0.15) is 6.42 Å². The van der Waals surface area contributed by atoms with E-state index in [1.807, 2.05) is 0 Å². The third kappa shape index (κ3) is 5.09. The minimum absolute atomic E-state index is 0.235. The summed E-state index contributed by atoms with van der Waals surface area (Å²) < 4.78 is 41.0. The zero-order valence-corrected chi connectivity index (χ0v) is 8.04. The molecule has 0 aliphatic carbocycles. The number of rotatable bonds is 5. The highest BCUT2D eigenvalue weighted by Crippen LogP contribution is 1.99. The minimum Gasteiger partial charge on any atom is -0.231 e. The molecule has 0 aromatic carbocycles. The zero-order valence-electron chi connectivity index (χ0n) is 6.25.